The second-order valence-corrected chi connectivity index (χ2v) is 11.0. The van der Waals surface area contributed by atoms with E-state index in [0.29, 0.717) is 37.1 Å². The van der Waals surface area contributed by atoms with Crippen molar-refractivity contribution in [1.82, 2.24) is 10.2 Å². The Morgan fingerprint density at radius 3 is 2.46 bits per heavy atom. The monoisotopic (exact) mass is 504 g/mol. The van der Waals surface area contributed by atoms with Gasteiger partial charge >= 0.3 is 11.9 Å². The number of rotatable bonds is 7. The lowest BCUT2D eigenvalue weighted by molar-refractivity contribution is -0.186. The van der Waals surface area contributed by atoms with Crippen molar-refractivity contribution in [2.24, 2.45) is 5.92 Å². The summed E-state index contributed by atoms with van der Waals surface area (Å²) in [7, 11) is 0. The molecule has 2 unspecified atom stereocenters. The van der Waals surface area contributed by atoms with Gasteiger partial charge in [-0.25, -0.2) is 0 Å². The molecule has 1 aliphatic heterocycles. The highest BCUT2D eigenvalue weighted by Crippen LogP contribution is 2.54. The summed E-state index contributed by atoms with van der Waals surface area (Å²) in [5.74, 6) is 0.445. The molecule has 2 aromatic carbocycles. The number of benzene rings is 2. The number of carbonyl (C=O) groups excluding carboxylic acids is 3. The number of ether oxygens (including phenoxy) is 2. The summed E-state index contributed by atoms with van der Waals surface area (Å²) in [5, 5.41) is 3.26. The quantitative estimate of drug-likeness (QED) is 0.448. The van der Waals surface area contributed by atoms with Gasteiger partial charge in [0.05, 0.1) is 0 Å². The van der Waals surface area contributed by atoms with Crippen LogP contribution in [0, 0.1) is 5.92 Å². The van der Waals surface area contributed by atoms with Gasteiger partial charge in [-0.1, -0.05) is 30.3 Å². The number of likely N-dealkylation sites (tertiary alicyclic amines) is 1. The lowest BCUT2D eigenvalue weighted by Crippen LogP contribution is -2.68. The maximum absolute atomic E-state index is 13.1. The maximum atomic E-state index is 13.1. The highest BCUT2D eigenvalue weighted by atomic mass is 16.6. The van der Waals surface area contributed by atoms with Crippen LogP contribution in [0.4, 0.5) is 0 Å². The van der Waals surface area contributed by atoms with E-state index in [4.69, 9.17) is 9.47 Å². The summed E-state index contributed by atoms with van der Waals surface area (Å²) in [6, 6.07) is 16.8. The van der Waals surface area contributed by atoms with Gasteiger partial charge < -0.3 is 14.8 Å². The minimum atomic E-state index is -0.727. The third kappa shape index (κ3) is 5.42. The van der Waals surface area contributed by atoms with Crippen LogP contribution in [0.15, 0.2) is 54.6 Å². The molecular weight excluding hydrogens is 468 g/mol. The van der Waals surface area contributed by atoms with Gasteiger partial charge in [0.1, 0.15) is 11.4 Å². The Bertz CT molecular complexity index is 1160. The van der Waals surface area contributed by atoms with Crippen LogP contribution < -0.4 is 10.1 Å². The van der Waals surface area contributed by atoms with E-state index >= 15 is 0 Å². The molecule has 1 heterocycles. The van der Waals surface area contributed by atoms with Crippen LogP contribution in [0.2, 0.25) is 0 Å². The highest BCUT2D eigenvalue weighted by Gasteiger charge is 2.61. The molecular formula is C30H36N2O5. The number of nitrogens with one attached hydrogen (secondary N) is 1. The molecule has 0 aromatic heterocycles. The number of carbonyl (C=O) groups is 3. The van der Waals surface area contributed by atoms with Crippen molar-refractivity contribution < 1.29 is 23.9 Å². The molecule has 7 heteroatoms. The molecule has 3 atom stereocenters. The fourth-order valence-electron chi connectivity index (χ4n) is 6.51. The first-order valence-corrected chi connectivity index (χ1v) is 13.4. The molecule has 1 N–H and O–H groups in total. The molecule has 2 aromatic rings. The van der Waals surface area contributed by atoms with Crippen LogP contribution in [0.1, 0.15) is 68.3 Å². The van der Waals surface area contributed by atoms with Gasteiger partial charge in [0, 0.05) is 44.0 Å². The fraction of sp³-hybridized carbons (Fsp3) is 0.500. The molecule has 7 nitrogen and oxygen atoms in total. The molecule has 5 rings (SSSR count). The summed E-state index contributed by atoms with van der Waals surface area (Å²) >= 11 is 0. The van der Waals surface area contributed by atoms with E-state index in [1.807, 2.05) is 48.5 Å². The first-order chi connectivity index (χ1) is 17.8. The van der Waals surface area contributed by atoms with Crippen LogP contribution in [-0.4, -0.2) is 54.0 Å². The Kier molecular flexibility index (Phi) is 7.08. The number of amides is 1. The second-order valence-electron chi connectivity index (χ2n) is 11.0. The lowest BCUT2D eigenvalue weighted by atomic mass is 9.55. The molecule has 0 bridgehead atoms. The van der Waals surface area contributed by atoms with E-state index in [1.165, 1.54) is 26.7 Å². The van der Waals surface area contributed by atoms with Gasteiger partial charge in [-0.05, 0) is 80.8 Å². The normalized spacial score (nSPS) is 27.6. The van der Waals surface area contributed by atoms with Crippen LogP contribution >= 0.6 is 0 Å². The number of hydrogen-bond donors (Lipinski definition) is 1. The average Bonchev–Trinajstić information content (AvgIpc) is 3.68. The topological polar surface area (TPSA) is 84.9 Å². The zero-order valence-corrected chi connectivity index (χ0v) is 21.7. The van der Waals surface area contributed by atoms with Gasteiger partial charge in [0.2, 0.25) is 0 Å². The SMILES string of the molecule is CC(=O)Oc1cccc(C23CCN(CC4CC4)CC2(OC(C)=O)CC[C@H](NC(=O)c2ccccc2)C3)c1. The summed E-state index contributed by atoms with van der Waals surface area (Å²) in [5.41, 5.74) is 0.359. The van der Waals surface area contributed by atoms with Crippen molar-refractivity contribution in [2.45, 2.75) is 69.4 Å². The van der Waals surface area contributed by atoms with Crippen LogP contribution in [0.3, 0.4) is 0 Å². The Morgan fingerprint density at radius 2 is 1.76 bits per heavy atom. The Balaban J connectivity index is 1.51. The summed E-state index contributed by atoms with van der Waals surface area (Å²) in [6.07, 6.45) is 5.31. The van der Waals surface area contributed by atoms with Crippen molar-refractivity contribution >= 4 is 17.8 Å². The highest BCUT2D eigenvalue weighted by molar-refractivity contribution is 5.94. The molecule has 1 amide bonds. The molecule has 0 radical (unpaired) electrons. The largest absolute Gasteiger partial charge is 0.457 e. The Morgan fingerprint density at radius 1 is 0.973 bits per heavy atom. The maximum Gasteiger partial charge on any atom is 0.308 e. The lowest BCUT2D eigenvalue weighted by Gasteiger charge is -2.59. The summed E-state index contributed by atoms with van der Waals surface area (Å²) in [4.78, 5) is 39.8. The molecule has 2 saturated carbocycles. The van der Waals surface area contributed by atoms with Crippen LogP contribution in [0.25, 0.3) is 0 Å². The van der Waals surface area contributed by atoms with Gasteiger partial charge in [-0.3, -0.25) is 19.3 Å². The molecule has 3 fully saturated rings. The standard InChI is InChI=1S/C30H36N2O5/c1-21(33)36-27-10-6-9-25(17-27)29-15-16-32(19-23-11-12-23)20-30(29,37-22(2)34)14-13-26(18-29)31-28(35)24-7-4-3-5-8-24/h3-10,17,23,26H,11-16,18-20H2,1-2H3,(H,31,35)/t26-,29?,30?/m0/s1. The summed E-state index contributed by atoms with van der Waals surface area (Å²) in [6.45, 7) is 5.45. The average molecular weight is 505 g/mol. The number of esters is 2. The number of fused-ring (bicyclic) bond motifs is 1. The predicted molar refractivity (Wildman–Crippen MR) is 139 cm³/mol. The van der Waals surface area contributed by atoms with E-state index in [0.717, 1.165) is 31.0 Å². The molecule has 37 heavy (non-hydrogen) atoms. The molecule has 2 aliphatic carbocycles. The van der Waals surface area contributed by atoms with Crippen molar-refractivity contribution in [3.8, 4) is 5.75 Å². The minimum absolute atomic E-state index is 0.0799. The third-order valence-electron chi connectivity index (χ3n) is 8.27. The zero-order valence-electron chi connectivity index (χ0n) is 21.7. The fourth-order valence-corrected chi connectivity index (χ4v) is 6.51. The smallest absolute Gasteiger partial charge is 0.308 e. The van der Waals surface area contributed by atoms with E-state index in [-0.39, 0.29) is 23.9 Å². The predicted octanol–water partition coefficient (Wildman–Crippen LogP) is 4.25. The van der Waals surface area contributed by atoms with Crippen molar-refractivity contribution in [2.75, 3.05) is 19.6 Å². The van der Waals surface area contributed by atoms with Crippen molar-refractivity contribution in [3.63, 3.8) is 0 Å². The molecule has 1 saturated heterocycles. The van der Waals surface area contributed by atoms with Crippen molar-refractivity contribution in [1.29, 1.82) is 0 Å². The number of hydrogen-bond acceptors (Lipinski definition) is 6. The van der Waals surface area contributed by atoms with E-state index < -0.39 is 11.0 Å². The van der Waals surface area contributed by atoms with Gasteiger partial charge in [0.25, 0.3) is 5.91 Å². The van der Waals surface area contributed by atoms with Crippen LogP contribution in [0.5, 0.6) is 5.75 Å². The number of piperidine rings is 1. The first-order valence-electron chi connectivity index (χ1n) is 13.4. The van der Waals surface area contributed by atoms with E-state index in [2.05, 4.69) is 10.2 Å². The zero-order chi connectivity index (χ0) is 26.0. The summed E-state index contributed by atoms with van der Waals surface area (Å²) < 4.78 is 11.8. The Hall–Kier alpha value is -3.19. The molecule has 196 valence electrons. The first kappa shape index (κ1) is 25.5. The van der Waals surface area contributed by atoms with Crippen molar-refractivity contribution in [3.05, 3.63) is 65.7 Å². The second kappa shape index (κ2) is 10.3. The van der Waals surface area contributed by atoms with Gasteiger partial charge in [-0.15, -0.1) is 0 Å². The molecule has 0 spiro atoms. The van der Waals surface area contributed by atoms with Gasteiger partial charge in [-0.2, -0.15) is 0 Å². The van der Waals surface area contributed by atoms with E-state index in [9.17, 15) is 14.4 Å². The number of nitrogens with zero attached hydrogens (tertiary/aromatic N) is 1. The van der Waals surface area contributed by atoms with Gasteiger partial charge in [0.15, 0.2) is 0 Å². The van der Waals surface area contributed by atoms with E-state index in [1.54, 1.807) is 6.07 Å². The Labute approximate surface area is 218 Å². The minimum Gasteiger partial charge on any atom is -0.457 e. The third-order valence-corrected chi connectivity index (χ3v) is 8.27. The van der Waals surface area contributed by atoms with Crippen LogP contribution in [-0.2, 0) is 19.7 Å². The molecule has 3 aliphatic rings.